The van der Waals surface area contributed by atoms with Gasteiger partial charge in [0.15, 0.2) is 0 Å². The first-order chi connectivity index (χ1) is 14.8. The maximum Gasteiger partial charge on any atom is 0.269 e. The van der Waals surface area contributed by atoms with Crippen molar-refractivity contribution in [2.24, 2.45) is 4.99 Å². The maximum absolute atomic E-state index is 11.0. The summed E-state index contributed by atoms with van der Waals surface area (Å²) < 4.78 is 0. The number of nitrogens with zero attached hydrogens (tertiary/aromatic N) is 3. The van der Waals surface area contributed by atoms with Gasteiger partial charge in [0.25, 0.3) is 11.4 Å². The van der Waals surface area contributed by atoms with Gasteiger partial charge in [-0.3, -0.25) is 20.2 Å². The van der Waals surface area contributed by atoms with Crippen LogP contribution >= 0.6 is 0 Å². The lowest BCUT2D eigenvalue weighted by molar-refractivity contribution is -0.385. The van der Waals surface area contributed by atoms with Gasteiger partial charge < -0.3 is 10.4 Å². The quantitative estimate of drug-likeness (QED) is 0.450. The van der Waals surface area contributed by atoms with Crippen LogP contribution in [0.5, 0.6) is 5.75 Å². The number of hydrogen-bond acceptors (Lipinski definition) is 7. The van der Waals surface area contributed by atoms with Crippen molar-refractivity contribution < 1.29 is 15.0 Å². The van der Waals surface area contributed by atoms with Gasteiger partial charge in [-0.2, -0.15) is 0 Å². The molecule has 0 aliphatic carbocycles. The third kappa shape index (κ3) is 3.80. The molecule has 4 rings (SSSR count). The van der Waals surface area contributed by atoms with E-state index in [0.717, 1.165) is 5.56 Å². The molecule has 0 aromatic heterocycles. The lowest BCUT2D eigenvalue weighted by Gasteiger charge is -2.32. The Balaban J connectivity index is 1.83. The molecule has 3 aromatic carbocycles. The number of fused-ring (bicyclic) bond motifs is 1. The molecule has 2 N–H and O–H groups in total. The zero-order valence-electron chi connectivity index (χ0n) is 16.5. The number of hydrogen-bond donors (Lipinski definition) is 2. The molecule has 0 amide bonds. The monoisotopic (exact) mass is 418 g/mol. The van der Waals surface area contributed by atoms with Gasteiger partial charge in [0, 0.05) is 30.7 Å². The second-order valence-electron chi connectivity index (χ2n) is 7.47. The number of nitro groups is 2. The number of para-hydroxylation sites is 1. The molecule has 0 saturated carbocycles. The molecule has 9 nitrogen and oxygen atoms in total. The Morgan fingerprint density at radius 1 is 0.935 bits per heavy atom. The van der Waals surface area contributed by atoms with E-state index in [0.29, 0.717) is 29.1 Å². The van der Waals surface area contributed by atoms with Crippen LogP contribution in [0.15, 0.2) is 71.7 Å². The Labute approximate surface area is 177 Å². The molecule has 0 fully saturated rings. The fourth-order valence-electron chi connectivity index (χ4n) is 3.67. The highest BCUT2D eigenvalue weighted by Gasteiger charge is 2.33. The number of rotatable bonds is 4. The van der Waals surface area contributed by atoms with Gasteiger partial charge in [-0.1, -0.05) is 6.07 Å². The smallest absolute Gasteiger partial charge is 0.269 e. The van der Waals surface area contributed by atoms with Gasteiger partial charge in [-0.15, -0.1) is 0 Å². The van der Waals surface area contributed by atoms with Crippen molar-refractivity contribution in [3.8, 4) is 5.75 Å². The van der Waals surface area contributed by atoms with Crippen molar-refractivity contribution in [3.63, 3.8) is 0 Å². The number of phenols is 1. The maximum atomic E-state index is 11.0. The molecule has 31 heavy (non-hydrogen) atoms. The highest BCUT2D eigenvalue weighted by Crippen LogP contribution is 2.43. The normalized spacial score (nSPS) is 17.6. The first-order valence-corrected chi connectivity index (χ1v) is 9.44. The molecule has 3 aromatic rings. The first kappa shape index (κ1) is 20.0. The topological polar surface area (TPSA) is 131 Å². The van der Waals surface area contributed by atoms with Crippen LogP contribution in [0, 0.1) is 20.2 Å². The van der Waals surface area contributed by atoms with E-state index in [1.165, 1.54) is 30.3 Å². The molecular weight excluding hydrogens is 400 g/mol. The van der Waals surface area contributed by atoms with Crippen molar-refractivity contribution >= 4 is 28.5 Å². The molecular formula is C22H18N4O5. The van der Waals surface area contributed by atoms with Gasteiger partial charge >= 0.3 is 0 Å². The molecule has 0 saturated heterocycles. The Morgan fingerprint density at radius 2 is 1.52 bits per heavy atom. The largest absolute Gasteiger partial charge is 0.506 e. The first-order valence-electron chi connectivity index (χ1n) is 9.44. The van der Waals surface area contributed by atoms with Crippen molar-refractivity contribution in [1.29, 1.82) is 0 Å². The Hall–Kier alpha value is -4.27. The fourth-order valence-corrected chi connectivity index (χ4v) is 3.67. The van der Waals surface area contributed by atoms with Gasteiger partial charge in [0.1, 0.15) is 11.4 Å². The van der Waals surface area contributed by atoms with Crippen LogP contribution < -0.4 is 5.32 Å². The van der Waals surface area contributed by atoms with Crippen LogP contribution in [0.4, 0.5) is 22.7 Å². The number of benzene rings is 3. The van der Waals surface area contributed by atoms with Crippen molar-refractivity contribution in [1.82, 2.24) is 0 Å². The zero-order chi connectivity index (χ0) is 22.2. The summed E-state index contributed by atoms with van der Waals surface area (Å²) in [5.41, 5.74) is 2.30. The summed E-state index contributed by atoms with van der Waals surface area (Å²) in [6, 6.07) is 17.3. The average molecular weight is 418 g/mol. The third-order valence-corrected chi connectivity index (χ3v) is 5.32. The second kappa shape index (κ2) is 7.52. The lowest BCUT2D eigenvalue weighted by atomic mass is 9.85. The molecule has 0 bridgehead atoms. The summed E-state index contributed by atoms with van der Waals surface area (Å²) in [5, 5.41) is 35.8. The van der Waals surface area contributed by atoms with Crippen LogP contribution in [-0.4, -0.2) is 20.7 Å². The van der Waals surface area contributed by atoms with Crippen molar-refractivity contribution in [2.75, 3.05) is 5.32 Å². The molecule has 1 heterocycles. The molecule has 156 valence electrons. The highest BCUT2D eigenvalue weighted by atomic mass is 16.6. The number of nitro benzene ring substituents is 2. The minimum atomic E-state index is -0.714. The van der Waals surface area contributed by atoms with E-state index in [-0.39, 0.29) is 17.1 Å². The van der Waals surface area contributed by atoms with Gasteiger partial charge in [-0.25, -0.2) is 4.99 Å². The zero-order valence-corrected chi connectivity index (χ0v) is 16.5. The summed E-state index contributed by atoms with van der Waals surface area (Å²) in [7, 11) is 0. The van der Waals surface area contributed by atoms with Crippen LogP contribution in [0.1, 0.15) is 24.5 Å². The van der Waals surface area contributed by atoms with Crippen molar-refractivity contribution in [3.05, 3.63) is 98.1 Å². The van der Waals surface area contributed by atoms with Gasteiger partial charge in [-0.05, 0) is 54.4 Å². The number of aliphatic imine (C=N–C) groups is 1. The predicted molar refractivity (Wildman–Crippen MR) is 116 cm³/mol. The summed E-state index contributed by atoms with van der Waals surface area (Å²) >= 11 is 0. The Bertz CT molecular complexity index is 1210. The number of nitrogens with one attached hydrogen (secondary N) is 1. The molecule has 0 radical (unpaired) electrons. The van der Waals surface area contributed by atoms with E-state index in [1.54, 1.807) is 36.4 Å². The lowest BCUT2D eigenvalue weighted by Crippen LogP contribution is -2.33. The highest BCUT2D eigenvalue weighted by molar-refractivity contribution is 6.05. The summed E-state index contributed by atoms with van der Waals surface area (Å²) in [6.45, 7) is 1.94. The molecule has 9 heteroatoms. The van der Waals surface area contributed by atoms with E-state index < -0.39 is 15.4 Å². The minimum absolute atomic E-state index is 0.00244. The minimum Gasteiger partial charge on any atom is -0.506 e. The third-order valence-electron chi connectivity index (χ3n) is 5.32. The average Bonchev–Trinajstić information content (AvgIpc) is 2.91. The van der Waals surface area contributed by atoms with Crippen molar-refractivity contribution in [2.45, 2.75) is 18.9 Å². The Kier molecular flexibility index (Phi) is 4.86. The van der Waals surface area contributed by atoms with Crippen LogP contribution in [0.3, 0.4) is 0 Å². The van der Waals surface area contributed by atoms with Crippen LogP contribution in [-0.2, 0) is 5.54 Å². The van der Waals surface area contributed by atoms with E-state index >= 15 is 0 Å². The number of anilines is 1. The van der Waals surface area contributed by atoms with Gasteiger partial charge in [0.05, 0.1) is 26.8 Å². The molecule has 0 spiro atoms. The van der Waals surface area contributed by atoms with E-state index in [9.17, 15) is 25.3 Å². The van der Waals surface area contributed by atoms with Gasteiger partial charge in [0.2, 0.25) is 0 Å². The molecule has 1 aliphatic rings. The number of aromatic hydroxyl groups is 1. The van der Waals surface area contributed by atoms with Crippen LogP contribution in [0.25, 0.3) is 0 Å². The van der Waals surface area contributed by atoms with Crippen LogP contribution in [0.2, 0.25) is 0 Å². The Morgan fingerprint density at radius 3 is 2.10 bits per heavy atom. The van der Waals surface area contributed by atoms with E-state index in [2.05, 4.69) is 10.3 Å². The van der Waals surface area contributed by atoms with E-state index in [4.69, 9.17) is 0 Å². The summed E-state index contributed by atoms with van der Waals surface area (Å²) in [5.74, 6) is -0.00244. The summed E-state index contributed by atoms with van der Waals surface area (Å²) in [6.07, 6.45) is 0.372. The number of phenolic OH excluding ortho intramolecular Hbond substituents is 1. The molecule has 1 atom stereocenters. The standard InChI is InChI=1S/C22H18N4O5/c1-22(15-7-11-17(12-8-15)26(30)31)13-19(14-5-9-16(10-6-14)25(28)29)23-21-18(24-22)3-2-4-20(21)27/h2-12,24,27H,13H2,1H3. The van der Waals surface area contributed by atoms with E-state index in [1.807, 2.05) is 6.92 Å². The molecule has 1 unspecified atom stereocenters. The number of non-ortho nitro benzene ring substituents is 2. The predicted octanol–water partition coefficient (Wildman–Crippen LogP) is 5.06. The SMILES string of the molecule is CC1(c2ccc([N+](=O)[O-])cc2)CC(c2ccc([N+](=O)[O-])cc2)=Nc2c(O)cccc2N1. The molecule has 1 aliphatic heterocycles. The second-order valence-corrected chi connectivity index (χ2v) is 7.47. The fraction of sp³-hybridized carbons (Fsp3) is 0.136. The summed E-state index contributed by atoms with van der Waals surface area (Å²) in [4.78, 5) is 25.8.